The lowest BCUT2D eigenvalue weighted by molar-refractivity contribution is -0.140. The molecule has 1 atom stereocenters. The molecule has 1 saturated heterocycles. The summed E-state index contributed by atoms with van der Waals surface area (Å²) >= 11 is 11.9. The molecular weight excluding hydrogens is 441 g/mol. The van der Waals surface area contributed by atoms with Crippen LogP contribution in [0.2, 0.25) is 10.0 Å². The SMILES string of the molecule is O=C(O)CCCCCN1C(=O)C(=O)/C(=C(/O)c2ccc(Cl)cc2)[C@@H]1c1ccc(Cl)cc1. The molecule has 31 heavy (non-hydrogen) atoms. The zero-order valence-corrected chi connectivity index (χ0v) is 18.1. The molecule has 0 unspecified atom stereocenters. The van der Waals surface area contributed by atoms with E-state index in [0.717, 1.165) is 0 Å². The fraction of sp³-hybridized carbons (Fsp3) is 0.261. The topological polar surface area (TPSA) is 94.9 Å². The van der Waals surface area contributed by atoms with Crippen LogP contribution in [0.4, 0.5) is 0 Å². The van der Waals surface area contributed by atoms with Crippen molar-refractivity contribution in [3.8, 4) is 0 Å². The van der Waals surface area contributed by atoms with E-state index < -0.39 is 23.7 Å². The minimum absolute atomic E-state index is 0.000167. The molecule has 2 aromatic rings. The van der Waals surface area contributed by atoms with Crippen LogP contribution in [-0.2, 0) is 14.4 Å². The van der Waals surface area contributed by atoms with Crippen LogP contribution < -0.4 is 0 Å². The van der Waals surface area contributed by atoms with Gasteiger partial charge in [-0.2, -0.15) is 0 Å². The highest BCUT2D eigenvalue weighted by atomic mass is 35.5. The number of aliphatic hydroxyl groups excluding tert-OH is 1. The number of halogens is 2. The monoisotopic (exact) mass is 461 g/mol. The Hall–Kier alpha value is -2.83. The number of hydrogen-bond donors (Lipinski definition) is 2. The van der Waals surface area contributed by atoms with Crippen LogP contribution in [0.1, 0.15) is 42.9 Å². The van der Waals surface area contributed by atoms with Crippen molar-refractivity contribution in [2.75, 3.05) is 6.54 Å². The molecule has 0 saturated carbocycles. The molecule has 1 aliphatic heterocycles. The van der Waals surface area contributed by atoms with Gasteiger partial charge in [0.15, 0.2) is 0 Å². The molecular formula is C23H21Cl2NO5. The summed E-state index contributed by atoms with van der Waals surface area (Å²) < 4.78 is 0. The summed E-state index contributed by atoms with van der Waals surface area (Å²) in [7, 11) is 0. The maximum atomic E-state index is 12.9. The number of benzene rings is 2. The number of unbranched alkanes of at least 4 members (excludes halogenated alkanes) is 2. The van der Waals surface area contributed by atoms with Gasteiger partial charge in [-0.15, -0.1) is 0 Å². The summed E-state index contributed by atoms with van der Waals surface area (Å²) in [6.07, 6.45) is 1.66. The van der Waals surface area contributed by atoms with Crippen LogP contribution in [0.25, 0.3) is 5.76 Å². The smallest absolute Gasteiger partial charge is 0.303 e. The molecule has 2 aromatic carbocycles. The molecule has 0 spiro atoms. The molecule has 0 aromatic heterocycles. The number of ketones is 1. The van der Waals surface area contributed by atoms with Crippen LogP contribution in [0, 0.1) is 0 Å². The summed E-state index contributed by atoms with van der Waals surface area (Å²) in [5.74, 6) is -2.61. The zero-order chi connectivity index (χ0) is 22.5. The Labute approximate surface area is 189 Å². The first kappa shape index (κ1) is 22.8. The van der Waals surface area contributed by atoms with Crippen LogP contribution in [0.15, 0.2) is 54.1 Å². The summed E-state index contributed by atoms with van der Waals surface area (Å²) in [4.78, 5) is 37.8. The minimum atomic E-state index is -0.871. The first-order chi connectivity index (χ1) is 14.8. The zero-order valence-electron chi connectivity index (χ0n) is 16.6. The normalized spacial score (nSPS) is 17.9. The fourth-order valence-corrected chi connectivity index (χ4v) is 3.85. The highest BCUT2D eigenvalue weighted by Gasteiger charge is 2.45. The largest absolute Gasteiger partial charge is 0.507 e. The third kappa shape index (κ3) is 5.27. The molecule has 6 nitrogen and oxygen atoms in total. The van der Waals surface area contributed by atoms with Gasteiger partial charge in [-0.05, 0) is 54.8 Å². The first-order valence-electron chi connectivity index (χ1n) is 9.81. The first-order valence-corrected chi connectivity index (χ1v) is 10.6. The Bertz CT molecular complexity index is 1020. The number of aliphatic carboxylic acids is 1. The van der Waals surface area contributed by atoms with E-state index in [0.29, 0.717) is 40.4 Å². The van der Waals surface area contributed by atoms with Crippen molar-refractivity contribution in [1.82, 2.24) is 4.90 Å². The second-order valence-electron chi connectivity index (χ2n) is 7.26. The molecule has 1 heterocycles. The van der Waals surface area contributed by atoms with Crippen molar-refractivity contribution in [3.63, 3.8) is 0 Å². The van der Waals surface area contributed by atoms with Gasteiger partial charge < -0.3 is 15.1 Å². The van der Waals surface area contributed by atoms with E-state index in [1.807, 2.05) is 0 Å². The van der Waals surface area contributed by atoms with Crippen LogP contribution in [0.3, 0.4) is 0 Å². The Morgan fingerprint density at radius 2 is 1.45 bits per heavy atom. The van der Waals surface area contributed by atoms with Crippen molar-refractivity contribution in [3.05, 3.63) is 75.3 Å². The Morgan fingerprint density at radius 1 is 0.871 bits per heavy atom. The van der Waals surface area contributed by atoms with Crippen LogP contribution >= 0.6 is 23.2 Å². The van der Waals surface area contributed by atoms with E-state index in [9.17, 15) is 19.5 Å². The molecule has 1 aliphatic rings. The average molecular weight is 462 g/mol. The predicted molar refractivity (Wildman–Crippen MR) is 118 cm³/mol. The van der Waals surface area contributed by atoms with Gasteiger partial charge in [0.1, 0.15) is 5.76 Å². The van der Waals surface area contributed by atoms with Gasteiger partial charge in [0.25, 0.3) is 11.7 Å². The Morgan fingerprint density at radius 3 is 2.03 bits per heavy atom. The molecule has 0 bridgehead atoms. The Kier molecular flexibility index (Phi) is 7.36. The maximum absolute atomic E-state index is 12.9. The number of carbonyl (C=O) groups excluding carboxylic acids is 2. The number of Topliss-reactive ketones (excluding diaryl/α,β-unsaturated/α-hetero) is 1. The van der Waals surface area contributed by atoms with E-state index in [1.165, 1.54) is 4.90 Å². The predicted octanol–water partition coefficient (Wildman–Crippen LogP) is 5.06. The number of likely N-dealkylation sites (tertiary alicyclic amines) is 1. The quantitative estimate of drug-likeness (QED) is 0.248. The minimum Gasteiger partial charge on any atom is -0.507 e. The summed E-state index contributed by atoms with van der Waals surface area (Å²) in [6, 6.07) is 12.3. The van der Waals surface area contributed by atoms with Gasteiger partial charge in [0.05, 0.1) is 11.6 Å². The van der Waals surface area contributed by atoms with Gasteiger partial charge in [0.2, 0.25) is 0 Å². The van der Waals surface area contributed by atoms with Crippen molar-refractivity contribution in [2.45, 2.75) is 31.7 Å². The van der Waals surface area contributed by atoms with E-state index in [1.54, 1.807) is 48.5 Å². The molecule has 1 fully saturated rings. The van der Waals surface area contributed by atoms with Crippen molar-refractivity contribution < 1.29 is 24.6 Å². The van der Waals surface area contributed by atoms with E-state index in [4.69, 9.17) is 28.3 Å². The van der Waals surface area contributed by atoms with Gasteiger partial charge in [-0.25, -0.2) is 0 Å². The van der Waals surface area contributed by atoms with Crippen molar-refractivity contribution >= 4 is 46.6 Å². The van der Waals surface area contributed by atoms with Gasteiger partial charge in [-0.3, -0.25) is 14.4 Å². The number of carbonyl (C=O) groups is 3. The van der Waals surface area contributed by atoms with Crippen LogP contribution in [-0.4, -0.2) is 39.3 Å². The Balaban J connectivity index is 1.96. The second kappa shape index (κ2) is 9.98. The molecule has 162 valence electrons. The number of carboxylic acids is 1. The third-order valence-corrected chi connectivity index (χ3v) is 5.64. The molecule has 3 rings (SSSR count). The summed E-state index contributed by atoms with van der Waals surface area (Å²) in [5.41, 5.74) is 1.02. The van der Waals surface area contributed by atoms with E-state index in [-0.39, 0.29) is 24.3 Å². The number of rotatable bonds is 8. The number of hydrogen-bond acceptors (Lipinski definition) is 4. The number of nitrogens with zero attached hydrogens (tertiary/aromatic N) is 1. The number of amides is 1. The maximum Gasteiger partial charge on any atom is 0.303 e. The molecule has 8 heteroatoms. The molecule has 1 amide bonds. The highest BCUT2D eigenvalue weighted by Crippen LogP contribution is 2.40. The fourth-order valence-electron chi connectivity index (χ4n) is 3.60. The summed E-state index contributed by atoms with van der Waals surface area (Å²) in [6.45, 7) is 0.259. The second-order valence-corrected chi connectivity index (χ2v) is 8.13. The van der Waals surface area contributed by atoms with Crippen LogP contribution in [0.5, 0.6) is 0 Å². The third-order valence-electron chi connectivity index (χ3n) is 5.13. The average Bonchev–Trinajstić information content (AvgIpc) is 2.99. The molecule has 2 N–H and O–H groups in total. The lowest BCUT2D eigenvalue weighted by atomic mass is 9.95. The van der Waals surface area contributed by atoms with E-state index in [2.05, 4.69) is 0 Å². The van der Waals surface area contributed by atoms with Crippen molar-refractivity contribution in [2.24, 2.45) is 0 Å². The lowest BCUT2D eigenvalue weighted by Crippen LogP contribution is -2.30. The van der Waals surface area contributed by atoms with E-state index >= 15 is 0 Å². The summed E-state index contributed by atoms with van der Waals surface area (Å²) in [5, 5.41) is 20.7. The van der Waals surface area contributed by atoms with Gasteiger partial charge in [-0.1, -0.05) is 41.8 Å². The molecule has 0 radical (unpaired) electrons. The standard InChI is InChI=1S/C23H21Cl2NO5/c24-16-9-5-14(6-10-16)20-19(21(29)15-7-11-17(25)12-8-15)22(30)23(31)26(20)13-3-1-2-4-18(27)28/h5-12,20,29H,1-4,13H2,(H,27,28)/b21-19+/t20-/m0/s1. The van der Waals surface area contributed by atoms with Gasteiger partial charge >= 0.3 is 5.97 Å². The van der Waals surface area contributed by atoms with Gasteiger partial charge in [0, 0.05) is 28.6 Å². The highest BCUT2D eigenvalue weighted by molar-refractivity contribution is 6.46. The van der Waals surface area contributed by atoms with Crippen molar-refractivity contribution in [1.29, 1.82) is 0 Å². The number of carboxylic acid groups (broad SMARTS) is 1. The number of aliphatic hydroxyl groups is 1. The lowest BCUT2D eigenvalue weighted by Gasteiger charge is -2.25. The molecule has 0 aliphatic carbocycles.